The van der Waals surface area contributed by atoms with Crippen LogP contribution in [0.2, 0.25) is 0 Å². The van der Waals surface area contributed by atoms with Crippen LogP contribution in [0, 0.1) is 0 Å². The summed E-state index contributed by atoms with van der Waals surface area (Å²) in [6.07, 6.45) is -1.57. The second-order valence-corrected chi connectivity index (χ2v) is 6.22. The number of benzene rings is 1. The van der Waals surface area contributed by atoms with E-state index in [1.165, 1.54) is 6.08 Å². The SMILES string of the molecule is C=CC1=Cc2ccc(NC3[C@@H](O)OC(CO)[C@H](O)[C@H]3O)cc2CC1=O. The Labute approximate surface area is 144 Å². The van der Waals surface area contributed by atoms with Crippen LogP contribution in [0.3, 0.4) is 0 Å². The number of carbonyl (C=O) groups is 1. The van der Waals surface area contributed by atoms with Gasteiger partial charge in [0, 0.05) is 17.7 Å². The van der Waals surface area contributed by atoms with Crippen molar-refractivity contribution in [2.75, 3.05) is 11.9 Å². The highest BCUT2D eigenvalue weighted by molar-refractivity contribution is 6.06. The van der Waals surface area contributed by atoms with Crippen LogP contribution in [0.25, 0.3) is 6.08 Å². The molecule has 2 aliphatic rings. The Kier molecular flexibility index (Phi) is 5.03. The van der Waals surface area contributed by atoms with Crippen molar-refractivity contribution in [1.29, 1.82) is 0 Å². The molecule has 0 amide bonds. The van der Waals surface area contributed by atoms with Crippen molar-refractivity contribution < 1.29 is 30.0 Å². The molecule has 1 saturated heterocycles. The molecule has 1 heterocycles. The van der Waals surface area contributed by atoms with Crippen LogP contribution >= 0.6 is 0 Å². The minimum atomic E-state index is -1.40. The zero-order valence-electron chi connectivity index (χ0n) is 13.5. The number of ether oxygens (including phenoxy) is 1. The molecule has 2 unspecified atom stereocenters. The number of rotatable bonds is 4. The molecule has 1 aromatic rings. The summed E-state index contributed by atoms with van der Waals surface area (Å²) in [6.45, 7) is 3.11. The third-order valence-corrected chi connectivity index (χ3v) is 4.58. The maximum absolute atomic E-state index is 12.0. The van der Waals surface area contributed by atoms with Crippen molar-refractivity contribution in [3.63, 3.8) is 0 Å². The topological polar surface area (TPSA) is 119 Å². The highest BCUT2D eigenvalue weighted by Gasteiger charge is 2.43. The highest BCUT2D eigenvalue weighted by atomic mass is 16.6. The molecule has 5 N–H and O–H groups in total. The number of aliphatic hydroxyl groups excluding tert-OH is 4. The molecule has 7 heteroatoms. The van der Waals surface area contributed by atoms with Gasteiger partial charge in [-0.05, 0) is 29.3 Å². The first-order chi connectivity index (χ1) is 11.9. The summed E-state index contributed by atoms with van der Waals surface area (Å²) in [4.78, 5) is 12.0. The first kappa shape index (κ1) is 17.8. The van der Waals surface area contributed by atoms with E-state index in [1.54, 1.807) is 18.2 Å². The summed E-state index contributed by atoms with van der Waals surface area (Å²) < 4.78 is 5.12. The van der Waals surface area contributed by atoms with Crippen LogP contribution in [-0.4, -0.2) is 63.5 Å². The zero-order chi connectivity index (χ0) is 18.1. The molecule has 25 heavy (non-hydrogen) atoms. The molecular weight excluding hydrogens is 326 g/mol. The van der Waals surface area contributed by atoms with E-state index < -0.39 is 37.3 Å². The lowest BCUT2D eigenvalue weighted by Crippen LogP contribution is -2.61. The lowest BCUT2D eigenvalue weighted by Gasteiger charge is -2.40. The minimum Gasteiger partial charge on any atom is -0.394 e. The van der Waals surface area contributed by atoms with Crippen molar-refractivity contribution in [2.24, 2.45) is 0 Å². The predicted octanol–water partition coefficient (Wildman–Crippen LogP) is -0.407. The molecule has 1 fully saturated rings. The van der Waals surface area contributed by atoms with E-state index in [2.05, 4.69) is 11.9 Å². The normalized spacial score (nSPS) is 31.9. The average Bonchev–Trinajstić information content (AvgIpc) is 2.61. The van der Waals surface area contributed by atoms with Gasteiger partial charge in [0.15, 0.2) is 12.1 Å². The van der Waals surface area contributed by atoms with E-state index >= 15 is 0 Å². The number of aliphatic hydroxyl groups is 4. The fourth-order valence-corrected chi connectivity index (χ4v) is 3.13. The van der Waals surface area contributed by atoms with Crippen LogP contribution in [0.5, 0.6) is 0 Å². The number of Topliss-reactive ketones (excluding diaryl/α,β-unsaturated/α-hetero) is 1. The Morgan fingerprint density at radius 2 is 2.04 bits per heavy atom. The molecule has 134 valence electrons. The number of ketones is 1. The summed E-state index contributed by atoms with van der Waals surface area (Å²) in [5.41, 5.74) is 2.86. The molecule has 0 aromatic heterocycles. The minimum absolute atomic E-state index is 0.0260. The molecule has 1 aromatic carbocycles. The average molecular weight is 347 g/mol. The summed E-state index contributed by atoms with van der Waals surface area (Å²) >= 11 is 0. The van der Waals surface area contributed by atoms with Gasteiger partial charge in [0.2, 0.25) is 0 Å². The van der Waals surface area contributed by atoms with Crippen LogP contribution in [0.1, 0.15) is 11.1 Å². The molecule has 0 spiro atoms. The number of hydrogen-bond donors (Lipinski definition) is 5. The maximum Gasteiger partial charge on any atom is 0.178 e. The van der Waals surface area contributed by atoms with Gasteiger partial charge in [-0.15, -0.1) is 0 Å². The number of nitrogens with one attached hydrogen (secondary N) is 1. The molecule has 0 saturated carbocycles. The molecule has 0 bridgehead atoms. The van der Waals surface area contributed by atoms with Gasteiger partial charge in [-0.3, -0.25) is 4.79 Å². The van der Waals surface area contributed by atoms with Gasteiger partial charge in [-0.2, -0.15) is 0 Å². The van der Waals surface area contributed by atoms with E-state index in [4.69, 9.17) is 9.84 Å². The molecule has 0 radical (unpaired) electrons. The van der Waals surface area contributed by atoms with Crippen LogP contribution in [0.4, 0.5) is 5.69 Å². The smallest absolute Gasteiger partial charge is 0.178 e. The van der Waals surface area contributed by atoms with Gasteiger partial charge in [-0.1, -0.05) is 18.7 Å². The molecule has 3 rings (SSSR count). The third kappa shape index (κ3) is 3.37. The van der Waals surface area contributed by atoms with Crippen molar-refractivity contribution >= 4 is 17.5 Å². The monoisotopic (exact) mass is 347 g/mol. The summed E-state index contributed by atoms with van der Waals surface area (Å²) in [5.74, 6) is -0.0260. The van der Waals surface area contributed by atoms with Gasteiger partial charge >= 0.3 is 0 Å². The summed E-state index contributed by atoms with van der Waals surface area (Å²) in [7, 11) is 0. The predicted molar refractivity (Wildman–Crippen MR) is 90.7 cm³/mol. The van der Waals surface area contributed by atoms with Crippen LogP contribution < -0.4 is 5.32 Å². The number of anilines is 1. The van der Waals surface area contributed by atoms with Crippen molar-refractivity contribution in [2.45, 2.75) is 37.1 Å². The standard InChI is InChI=1S/C18H21NO6/c1-2-9-5-10-3-4-12(6-11(10)7-13(9)21)19-15-17(23)16(22)14(8-20)25-18(15)24/h2-6,14-20,22-24H,1,7-8H2/t14?,15?,16-,17-,18-/m0/s1. The lowest BCUT2D eigenvalue weighted by atomic mass is 9.90. The lowest BCUT2D eigenvalue weighted by molar-refractivity contribution is -0.245. The van der Waals surface area contributed by atoms with E-state index in [1.807, 2.05) is 6.07 Å². The number of hydrogen-bond acceptors (Lipinski definition) is 7. The molecule has 1 aliphatic heterocycles. The van der Waals surface area contributed by atoms with Gasteiger partial charge in [-0.25, -0.2) is 0 Å². The first-order valence-electron chi connectivity index (χ1n) is 8.02. The van der Waals surface area contributed by atoms with Crippen LogP contribution in [-0.2, 0) is 16.0 Å². The van der Waals surface area contributed by atoms with Crippen molar-refractivity contribution in [1.82, 2.24) is 0 Å². The molecule has 1 aliphatic carbocycles. The number of carbonyl (C=O) groups excluding carboxylic acids is 1. The number of allylic oxidation sites excluding steroid dienone is 2. The second kappa shape index (κ2) is 7.07. The Morgan fingerprint density at radius 3 is 2.72 bits per heavy atom. The Balaban J connectivity index is 1.80. The van der Waals surface area contributed by atoms with Gasteiger partial charge in [0.05, 0.1) is 6.61 Å². The van der Waals surface area contributed by atoms with Gasteiger partial charge < -0.3 is 30.5 Å². The Hall–Kier alpha value is -2.03. The van der Waals surface area contributed by atoms with E-state index in [9.17, 15) is 20.1 Å². The molecule has 7 nitrogen and oxygen atoms in total. The molecule has 5 atom stereocenters. The van der Waals surface area contributed by atoms with Crippen molar-refractivity contribution in [3.05, 3.63) is 47.6 Å². The van der Waals surface area contributed by atoms with Crippen molar-refractivity contribution in [3.8, 4) is 0 Å². The highest BCUT2D eigenvalue weighted by Crippen LogP contribution is 2.28. The number of fused-ring (bicyclic) bond motifs is 1. The fraction of sp³-hybridized carbons (Fsp3) is 0.389. The Morgan fingerprint density at radius 1 is 1.28 bits per heavy atom. The molecular formula is C18H21NO6. The van der Waals surface area contributed by atoms with E-state index in [-0.39, 0.29) is 12.2 Å². The third-order valence-electron chi connectivity index (χ3n) is 4.58. The van der Waals surface area contributed by atoms with E-state index in [0.29, 0.717) is 11.3 Å². The maximum atomic E-state index is 12.0. The second-order valence-electron chi connectivity index (χ2n) is 6.22. The van der Waals surface area contributed by atoms with E-state index in [0.717, 1.165) is 11.1 Å². The van der Waals surface area contributed by atoms with Gasteiger partial charge in [0.25, 0.3) is 0 Å². The quantitative estimate of drug-likeness (QED) is 0.502. The largest absolute Gasteiger partial charge is 0.394 e. The summed E-state index contributed by atoms with van der Waals surface area (Å²) in [6, 6.07) is 4.35. The first-order valence-corrected chi connectivity index (χ1v) is 8.02. The van der Waals surface area contributed by atoms with Gasteiger partial charge in [0.1, 0.15) is 24.4 Å². The Bertz CT molecular complexity index is 716. The zero-order valence-corrected chi connectivity index (χ0v) is 13.5. The van der Waals surface area contributed by atoms with Crippen LogP contribution in [0.15, 0.2) is 36.4 Å². The fourth-order valence-electron chi connectivity index (χ4n) is 3.13. The summed E-state index contributed by atoms with van der Waals surface area (Å²) in [5, 5.41) is 42.2.